The highest BCUT2D eigenvalue weighted by molar-refractivity contribution is 5.80. The summed E-state index contributed by atoms with van der Waals surface area (Å²) in [4.78, 5) is 16.6. The Morgan fingerprint density at radius 1 is 1.10 bits per heavy atom. The quantitative estimate of drug-likeness (QED) is 0.688. The van der Waals surface area contributed by atoms with Gasteiger partial charge in [-0.2, -0.15) is 0 Å². The van der Waals surface area contributed by atoms with Crippen molar-refractivity contribution in [1.82, 2.24) is 9.55 Å². The molecule has 0 fully saturated rings. The van der Waals surface area contributed by atoms with Gasteiger partial charge in [-0.15, -0.1) is 0 Å². The second-order valence-corrected chi connectivity index (χ2v) is 4.92. The summed E-state index contributed by atoms with van der Waals surface area (Å²) in [5, 5.41) is 0.429. The molecule has 5 heteroatoms. The minimum Gasteiger partial charge on any atom is -0.295 e. The van der Waals surface area contributed by atoms with E-state index < -0.39 is 11.6 Å². The van der Waals surface area contributed by atoms with Crippen molar-refractivity contribution < 1.29 is 8.78 Å². The van der Waals surface area contributed by atoms with E-state index in [4.69, 9.17) is 0 Å². The van der Waals surface area contributed by atoms with Crippen molar-refractivity contribution in [2.45, 2.75) is 6.92 Å². The lowest BCUT2D eigenvalue weighted by atomic mass is 10.1. The summed E-state index contributed by atoms with van der Waals surface area (Å²) < 4.78 is 29.0. The van der Waals surface area contributed by atoms with Gasteiger partial charge in [0, 0.05) is 7.05 Å². The third-order valence-electron chi connectivity index (χ3n) is 3.42. The van der Waals surface area contributed by atoms with Crippen LogP contribution in [-0.2, 0) is 7.05 Å². The largest absolute Gasteiger partial charge is 0.295 e. The van der Waals surface area contributed by atoms with Crippen LogP contribution >= 0.6 is 0 Å². The second-order valence-electron chi connectivity index (χ2n) is 4.92. The van der Waals surface area contributed by atoms with E-state index in [9.17, 15) is 13.6 Å². The van der Waals surface area contributed by atoms with Crippen LogP contribution in [0.2, 0.25) is 0 Å². The molecule has 0 bridgehead atoms. The van der Waals surface area contributed by atoms with Gasteiger partial charge in [-0.3, -0.25) is 9.36 Å². The molecule has 21 heavy (non-hydrogen) atoms. The van der Waals surface area contributed by atoms with Crippen molar-refractivity contribution in [3.8, 4) is 11.4 Å². The average molecular weight is 286 g/mol. The summed E-state index contributed by atoms with van der Waals surface area (Å²) in [5.74, 6) is -1.51. The highest BCUT2D eigenvalue weighted by Crippen LogP contribution is 2.24. The van der Waals surface area contributed by atoms with Crippen LogP contribution in [0.25, 0.3) is 22.3 Å². The van der Waals surface area contributed by atoms with Crippen LogP contribution in [0.5, 0.6) is 0 Å². The summed E-state index contributed by atoms with van der Waals surface area (Å²) in [6.07, 6.45) is 0. The van der Waals surface area contributed by atoms with E-state index in [2.05, 4.69) is 4.98 Å². The lowest BCUT2D eigenvalue weighted by molar-refractivity contribution is 0.585. The van der Waals surface area contributed by atoms with Gasteiger partial charge in [-0.1, -0.05) is 17.7 Å². The van der Waals surface area contributed by atoms with Crippen LogP contribution < -0.4 is 5.56 Å². The molecule has 0 radical (unpaired) electrons. The fraction of sp³-hybridized carbons (Fsp3) is 0.125. The molecule has 0 amide bonds. The van der Waals surface area contributed by atoms with E-state index in [0.717, 1.165) is 17.7 Å². The molecule has 106 valence electrons. The van der Waals surface area contributed by atoms with Gasteiger partial charge in [0.2, 0.25) is 0 Å². The molecule has 3 nitrogen and oxygen atoms in total. The zero-order valence-electron chi connectivity index (χ0n) is 11.5. The summed E-state index contributed by atoms with van der Waals surface area (Å²) in [7, 11) is 1.46. The van der Waals surface area contributed by atoms with E-state index >= 15 is 0 Å². The molecule has 0 aliphatic rings. The van der Waals surface area contributed by atoms with Gasteiger partial charge >= 0.3 is 0 Å². The lowest BCUT2D eigenvalue weighted by Crippen LogP contribution is -2.21. The molecule has 0 unspecified atom stereocenters. The van der Waals surface area contributed by atoms with E-state index in [1.54, 1.807) is 18.2 Å². The molecule has 3 rings (SSSR count). The van der Waals surface area contributed by atoms with Gasteiger partial charge in [0.1, 0.15) is 17.5 Å². The maximum atomic E-state index is 13.9. The van der Waals surface area contributed by atoms with Crippen LogP contribution in [0.4, 0.5) is 8.78 Å². The average Bonchev–Trinajstić information content (AvgIpc) is 2.44. The van der Waals surface area contributed by atoms with E-state index in [0.29, 0.717) is 10.9 Å². The molecule has 0 aliphatic heterocycles. The zero-order valence-corrected chi connectivity index (χ0v) is 11.5. The number of aromatic nitrogens is 2. The van der Waals surface area contributed by atoms with Crippen LogP contribution in [0.15, 0.2) is 41.2 Å². The fourth-order valence-corrected chi connectivity index (χ4v) is 2.32. The van der Waals surface area contributed by atoms with Crippen LogP contribution in [-0.4, -0.2) is 9.55 Å². The number of nitrogens with zero attached hydrogens (tertiary/aromatic N) is 2. The molecule has 1 aromatic heterocycles. The van der Waals surface area contributed by atoms with Gasteiger partial charge in [-0.25, -0.2) is 13.8 Å². The molecular formula is C16H12F2N2O. The molecular weight excluding hydrogens is 274 g/mol. The number of hydrogen-bond donors (Lipinski definition) is 0. The highest BCUT2D eigenvalue weighted by Gasteiger charge is 2.17. The second kappa shape index (κ2) is 4.77. The number of hydrogen-bond acceptors (Lipinski definition) is 2. The highest BCUT2D eigenvalue weighted by atomic mass is 19.1. The molecule has 0 spiro atoms. The van der Waals surface area contributed by atoms with Crippen LogP contribution in [0.1, 0.15) is 5.56 Å². The Kier molecular flexibility index (Phi) is 3.05. The Hall–Kier alpha value is -2.56. The Morgan fingerprint density at radius 2 is 1.76 bits per heavy atom. The third-order valence-corrected chi connectivity index (χ3v) is 3.42. The van der Waals surface area contributed by atoms with Crippen molar-refractivity contribution in [3.05, 3.63) is 63.9 Å². The molecule has 1 heterocycles. The Bertz CT molecular complexity index is 896. The first kappa shape index (κ1) is 13.4. The van der Waals surface area contributed by atoms with Crippen molar-refractivity contribution in [2.24, 2.45) is 7.05 Å². The molecule has 0 aliphatic carbocycles. The van der Waals surface area contributed by atoms with E-state index in [-0.39, 0.29) is 16.9 Å². The summed E-state index contributed by atoms with van der Waals surface area (Å²) in [6, 6.07) is 8.75. The predicted molar refractivity (Wildman–Crippen MR) is 77.1 cm³/mol. The molecule has 0 atom stereocenters. The van der Waals surface area contributed by atoms with Crippen LogP contribution in [0, 0.1) is 18.6 Å². The Balaban J connectivity index is 2.42. The first-order valence-corrected chi connectivity index (χ1v) is 6.41. The number of fused-ring (bicyclic) bond motifs is 1. The zero-order chi connectivity index (χ0) is 15.1. The van der Waals surface area contributed by atoms with Gasteiger partial charge in [0.25, 0.3) is 5.56 Å². The van der Waals surface area contributed by atoms with Crippen molar-refractivity contribution >= 4 is 10.9 Å². The van der Waals surface area contributed by atoms with Gasteiger partial charge in [0.15, 0.2) is 0 Å². The van der Waals surface area contributed by atoms with Gasteiger partial charge in [-0.05, 0) is 31.2 Å². The van der Waals surface area contributed by atoms with Crippen molar-refractivity contribution in [3.63, 3.8) is 0 Å². The Morgan fingerprint density at radius 3 is 2.43 bits per heavy atom. The normalized spacial score (nSPS) is 11.0. The molecule has 0 N–H and O–H groups in total. The molecule has 2 aromatic carbocycles. The molecule has 3 aromatic rings. The molecule has 0 saturated heterocycles. The van der Waals surface area contributed by atoms with Crippen LogP contribution in [0.3, 0.4) is 0 Å². The van der Waals surface area contributed by atoms with Gasteiger partial charge < -0.3 is 0 Å². The molecule has 0 saturated carbocycles. The summed E-state index contributed by atoms with van der Waals surface area (Å²) in [5.41, 5.74) is 0.716. The first-order valence-electron chi connectivity index (χ1n) is 6.41. The summed E-state index contributed by atoms with van der Waals surface area (Å²) in [6.45, 7) is 1.86. The third kappa shape index (κ3) is 2.11. The minimum atomic E-state index is -0.746. The Labute approximate surface area is 119 Å². The number of rotatable bonds is 1. The van der Waals surface area contributed by atoms with Gasteiger partial charge in [0.05, 0.1) is 16.5 Å². The van der Waals surface area contributed by atoms with E-state index in [1.165, 1.54) is 17.7 Å². The van der Waals surface area contributed by atoms with Crippen molar-refractivity contribution in [1.29, 1.82) is 0 Å². The topological polar surface area (TPSA) is 34.9 Å². The number of aryl methyl sites for hydroxylation is 1. The minimum absolute atomic E-state index is 0.0213. The number of halogens is 2. The maximum Gasteiger partial charge on any atom is 0.261 e. The first-order chi connectivity index (χ1) is 9.99. The lowest BCUT2D eigenvalue weighted by Gasteiger charge is -2.11. The number of benzene rings is 2. The van der Waals surface area contributed by atoms with Crippen molar-refractivity contribution in [2.75, 3.05) is 0 Å². The smallest absolute Gasteiger partial charge is 0.261 e. The predicted octanol–water partition coefficient (Wildman–Crippen LogP) is 3.19. The standard InChI is InChI=1S/C16H12F2N2O/c1-9-6-7-13-10(8-9)16(21)20(2)15(19-13)14-11(17)4-3-5-12(14)18/h3-8H,1-2H3. The summed E-state index contributed by atoms with van der Waals surface area (Å²) >= 11 is 0. The van der Waals surface area contributed by atoms with E-state index in [1.807, 2.05) is 6.92 Å². The monoisotopic (exact) mass is 286 g/mol. The SMILES string of the molecule is Cc1ccc2nc(-c3c(F)cccc3F)n(C)c(=O)c2c1. The fourth-order valence-electron chi connectivity index (χ4n) is 2.32. The maximum absolute atomic E-state index is 13.9.